The number of hydrogen-bond donors (Lipinski definition) is 1. The minimum Gasteiger partial charge on any atom is -0.494 e. The maximum absolute atomic E-state index is 13.0. The number of carbonyl (C=O) groups excluding carboxylic acids is 3. The van der Waals surface area contributed by atoms with Crippen LogP contribution < -0.4 is 15.0 Å². The van der Waals surface area contributed by atoms with Crippen molar-refractivity contribution in [2.75, 3.05) is 11.5 Å². The molecule has 0 aliphatic carbocycles. The molecule has 1 heterocycles. The van der Waals surface area contributed by atoms with Crippen LogP contribution in [0.2, 0.25) is 5.02 Å². The van der Waals surface area contributed by atoms with Crippen molar-refractivity contribution in [3.8, 4) is 5.75 Å². The van der Waals surface area contributed by atoms with E-state index in [2.05, 4.69) is 5.32 Å². The number of nitrogens with one attached hydrogen (secondary N) is 1. The normalized spacial score (nSPS) is 15.8. The summed E-state index contributed by atoms with van der Waals surface area (Å²) in [4.78, 5) is 38.5. The third kappa shape index (κ3) is 4.07. The molecular weight excluding hydrogens is 380 g/mol. The molecule has 4 amide bonds. The Morgan fingerprint density at radius 1 is 1.14 bits per heavy atom. The molecule has 0 unspecified atom stereocenters. The molecule has 1 aliphatic heterocycles. The minimum absolute atomic E-state index is 0.147. The van der Waals surface area contributed by atoms with Crippen molar-refractivity contribution < 1.29 is 19.1 Å². The number of benzene rings is 2. The van der Waals surface area contributed by atoms with Gasteiger partial charge in [-0.05, 0) is 54.8 Å². The van der Waals surface area contributed by atoms with Crippen molar-refractivity contribution in [2.24, 2.45) is 0 Å². The Morgan fingerprint density at radius 3 is 2.68 bits per heavy atom. The van der Waals surface area contributed by atoms with Crippen LogP contribution in [0, 0.1) is 6.92 Å². The van der Waals surface area contributed by atoms with Crippen LogP contribution in [0.3, 0.4) is 0 Å². The summed E-state index contributed by atoms with van der Waals surface area (Å²) in [6, 6.07) is 11.1. The third-order valence-corrected chi connectivity index (χ3v) is 4.39. The maximum atomic E-state index is 13.0. The Bertz CT molecular complexity index is 984. The topological polar surface area (TPSA) is 75.7 Å². The van der Waals surface area contributed by atoms with Crippen LogP contribution >= 0.6 is 11.6 Å². The molecule has 2 aromatic carbocycles. The van der Waals surface area contributed by atoms with Gasteiger partial charge in [0, 0.05) is 5.02 Å². The first-order valence-electron chi connectivity index (χ1n) is 8.81. The summed E-state index contributed by atoms with van der Waals surface area (Å²) in [5.74, 6) is -0.816. The van der Waals surface area contributed by atoms with Crippen LogP contribution in [-0.4, -0.2) is 24.5 Å². The number of anilines is 1. The number of ether oxygens (including phenoxy) is 1. The van der Waals surface area contributed by atoms with Crippen LogP contribution in [0.4, 0.5) is 10.5 Å². The van der Waals surface area contributed by atoms with Crippen LogP contribution in [-0.2, 0) is 9.59 Å². The van der Waals surface area contributed by atoms with E-state index in [-0.39, 0.29) is 5.57 Å². The number of aryl methyl sites for hydroxylation is 1. The summed E-state index contributed by atoms with van der Waals surface area (Å²) in [7, 11) is 0. The van der Waals surface area contributed by atoms with E-state index in [9.17, 15) is 14.4 Å². The van der Waals surface area contributed by atoms with E-state index < -0.39 is 17.8 Å². The highest BCUT2D eigenvalue weighted by molar-refractivity contribution is 6.39. The fourth-order valence-electron chi connectivity index (χ4n) is 2.78. The van der Waals surface area contributed by atoms with Crippen LogP contribution in [0.1, 0.15) is 24.5 Å². The van der Waals surface area contributed by atoms with Gasteiger partial charge in [0.1, 0.15) is 11.3 Å². The van der Waals surface area contributed by atoms with Crippen molar-refractivity contribution in [1.29, 1.82) is 0 Å². The lowest BCUT2D eigenvalue weighted by atomic mass is 10.1. The molecule has 144 valence electrons. The predicted molar refractivity (Wildman–Crippen MR) is 107 cm³/mol. The highest BCUT2D eigenvalue weighted by atomic mass is 35.5. The highest BCUT2D eigenvalue weighted by Crippen LogP contribution is 2.28. The molecule has 0 radical (unpaired) electrons. The van der Waals surface area contributed by atoms with E-state index in [4.69, 9.17) is 16.3 Å². The Morgan fingerprint density at radius 2 is 1.93 bits per heavy atom. The number of halogens is 1. The SMILES string of the molecule is CCCOc1cccc(/C=C2/C(=O)NC(=O)N(c3cc(Cl)ccc3C)C2=O)c1. The number of barbiturate groups is 1. The Labute approximate surface area is 167 Å². The second-order valence-electron chi connectivity index (χ2n) is 6.31. The number of carbonyl (C=O) groups is 3. The lowest BCUT2D eigenvalue weighted by molar-refractivity contribution is -0.122. The number of hydrogen-bond acceptors (Lipinski definition) is 4. The van der Waals surface area contributed by atoms with Crippen molar-refractivity contribution in [2.45, 2.75) is 20.3 Å². The zero-order chi connectivity index (χ0) is 20.3. The van der Waals surface area contributed by atoms with Crippen LogP contribution in [0.15, 0.2) is 48.0 Å². The summed E-state index contributed by atoms with van der Waals surface area (Å²) in [5.41, 5.74) is 1.47. The van der Waals surface area contributed by atoms with Gasteiger partial charge in [0.2, 0.25) is 0 Å². The molecule has 1 saturated heterocycles. The molecule has 1 aliphatic rings. The number of urea groups is 1. The van der Waals surface area contributed by atoms with Crippen molar-refractivity contribution in [3.05, 3.63) is 64.2 Å². The lowest BCUT2D eigenvalue weighted by Gasteiger charge is -2.27. The first-order valence-corrected chi connectivity index (χ1v) is 9.19. The molecule has 28 heavy (non-hydrogen) atoms. The molecular formula is C21H19ClN2O4. The molecule has 0 saturated carbocycles. The second-order valence-corrected chi connectivity index (χ2v) is 6.75. The molecule has 0 aromatic heterocycles. The summed E-state index contributed by atoms with van der Waals surface area (Å²) >= 11 is 6.02. The van der Waals surface area contributed by atoms with Crippen molar-refractivity contribution in [3.63, 3.8) is 0 Å². The molecule has 0 spiro atoms. The van der Waals surface area contributed by atoms with E-state index in [1.807, 2.05) is 6.92 Å². The monoisotopic (exact) mass is 398 g/mol. The van der Waals surface area contributed by atoms with Gasteiger partial charge >= 0.3 is 6.03 Å². The average Bonchev–Trinajstić information content (AvgIpc) is 2.66. The lowest BCUT2D eigenvalue weighted by Crippen LogP contribution is -2.54. The van der Waals surface area contributed by atoms with Gasteiger partial charge in [-0.1, -0.05) is 36.7 Å². The van der Waals surface area contributed by atoms with Gasteiger partial charge in [0.15, 0.2) is 0 Å². The molecule has 0 atom stereocenters. The van der Waals surface area contributed by atoms with Gasteiger partial charge in [-0.25, -0.2) is 9.69 Å². The standard InChI is InChI=1S/C21H19ClN2O4/c1-3-9-28-16-6-4-5-14(10-16)11-17-19(25)23-21(27)24(20(17)26)18-12-15(22)8-7-13(18)2/h4-8,10-12H,3,9H2,1-2H3,(H,23,25,27)/b17-11-. The molecule has 2 aromatic rings. The second kappa shape index (κ2) is 8.27. The fraction of sp³-hybridized carbons (Fsp3) is 0.190. The van der Waals surface area contributed by atoms with Crippen molar-refractivity contribution >= 4 is 41.2 Å². The summed E-state index contributed by atoms with van der Waals surface area (Å²) in [6.07, 6.45) is 2.30. The van der Waals surface area contributed by atoms with Gasteiger partial charge in [0.05, 0.1) is 12.3 Å². The maximum Gasteiger partial charge on any atom is 0.335 e. The Balaban J connectivity index is 1.98. The molecule has 3 rings (SSSR count). The van der Waals surface area contributed by atoms with E-state index in [1.165, 1.54) is 12.1 Å². The molecule has 7 heteroatoms. The Hall–Kier alpha value is -3.12. The first-order chi connectivity index (χ1) is 13.4. The zero-order valence-corrected chi connectivity index (χ0v) is 16.2. The Kier molecular flexibility index (Phi) is 5.80. The summed E-state index contributed by atoms with van der Waals surface area (Å²) in [5, 5.41) is 2.59. The predicted octanol–water partition coefficient (Wildman–Crippen LogP) is 4.10. The fourth-order valence-corrected chi connectivity index (χ4v) is 2.95. The van der Waals surface area contributed by atoms with Gasteiger partial charge in [-0.15, -0.1) is 0 Å². The van der Waals surface area contributed by atoms with E-state index in [0.29, 0.717) is 34.2 Å². The third-order valence-electron chi connectivity index (χ3n) is 4.16. The van der Waals surface area contributed by atoms with E-state index in [1.54, 1.807) is 43.3 Å². The number of rotatable bonds is 5. The van der Waals surface area contributed by atoms with Crippen LogP contribution in [0.25, 0.3) is 6.08 Å². The van der Waals surface area contributed by atoms with Gasteiger partial charge in [-0.2, -0.15) is 0 Å². The van der Waals surface area contributed by atoms with E-state index in [0.717, 1.165) is 11.3 Å². The van der Waals surface area contributed by atoms with E-state index >= 15 is 0 Å². The number of nitrogens with zero attached hydrogens (tertiary/aromatic N) is 1. The average molecular weight is 399 g/mol. The largest absolute Gasteiger partial charge is 0.494 e. The van der Waals surface area contributed by atoms with Crippen molar-refractivity contribution in [1.82, 2.24) is 5.32 Å². The highest BCUT2D eigenvalue weighted by Gasteiger charge is 2.37. The number of amides is 4. The minimum atomic E-state index is -0.808. The molecule has 1 N–H and O–H groups in total. The van der Waals surface area contributed by atoms with Gasteiger partial charge in [-0.3, -0.25) is 14.9 Å². The van der Waals surface area contributed by atoms with Crippen LogP contribution in [0.5, 0.6) is 5.75 Å². The summed E-state index contributed by atoms with van der Waals surface area (Å²) < 4.78 is 5.58. The molecule has 6 nitrogen and oxygen atoms in total. The zero-order valence-electron chi connectivity index (χ0n) is 15.5. The summed E-state index contributed by atoms with van der Waals surface area (Å²) in [6.45, 7) is 4.32. The number of imide groups is 2. The molecule has 0 bridgehead atoms. The molecule has 1 fully saturated rings. The quantitative estimate of drug-likeness (QED) is 0.607. The van der Waals surface area contributed by atoms with Gasteiger partial charge in [0.25, 0.3) is 11.8 Å². The van der Waals surface area contributed by atoms with Gasteiger partial charge < -0.3 is 4.74 Å². The smallest absolute Gasteiger partial charge is 0.335 e. The first kappa shape index (κ1) is 19.6.